The monoisotopic (exact) mass is 362 g/mol. The summed E-state index contributed by atoms with van der Waals surface area (Å²) in [6, 6.07) is 10.1. The van der Waals surface area contributed by atoms with Crippen molar-refractivity contribution in [3.05, 3.63) is 53.6 Å². The second-order valence-electron chi connectivity index (χ2n) is 7.54. The number of rotatable bonds is 4. The fourth-order valence-corrected chi connectivity index (χ4v) is 3.69. The molecule has 1 amide bonds. The average molecular weight is 362 g/mol. The molecule has 0 atom stereocenters. The van der Waals surface area contributed by atoms with E-state index in [1.165, 1.54) is 12.8 Å². The van der Waals surface area contributed by atoms with E-state index >= 15 is 0 Å². The second-order valence-corrected chi connectivity index (χ2v) is 7.54. The van der Waals surface area contributed by atoms with Gasteiger partial charge in [0.05, 0.1) is 17.4 Å². The fourth-order valence-electron chi connectivity index (χ4n) is 3.69. The molecular formula is C20H22N6O. The maximum absolute atomic E-state index is 13.1. The van der Waals surface area contributed by atoms with Gasteiger partial charge < -0.3 is 9.80 Å². The molecule has 3 aromatic heterocycles. The van der Waals surface area contributed by atoms with Crippen LogP contribution in [-0.4, -0.2) is 56.6 Å². The SMILES string of the molecule is Cc1nc2ccccn2c1C(=O)N(C)C1CN(c2ccc(C3CC3)nn2)C1. The number of carbonyl (C=O) groups excluding carboxylic acids is 1. The van der Waals surface area contributed by atoms with Crippen LogP contribution < -0.4 is 4.90 Å². The number of hydrogen-bond donors (Lipinski definition) is 0. The standard InChI is InChI=1S/C20H22N6O/c1-13-19(26-10-4-3-5-17(26)21-13)20(27)24(2)15-11-25(12-15)18-9-8-16(22-23-18)14-6-7-14/h3-5,8-10,14-15H,6-7,11-12H2,1-2H3. The topological polar surface area (TPSA) is 66.6 Å². The highest BCUT2D eigenvalue weighted by Gasteiger charge is 2.35. The Hall–Kier alpha value is -2.96. The van der Waals surface area contributed by atoms with Gasteiger partial charge in [-0.3, -0.25) is 9.20 Å². The van der Waals surface area contributed by atoms with Gasteiger partial charge in [0, 0.05) is 32.3 Å². The van der Waals surface area contributed by atoms with Gasteiger partial charge in [-0.25, -0.2) is 4.98 Å². The van der Waals surface area contributed by atoms with Gasteiger partial charge in [0.25, 0.3) is 5.91 Å². The summed E-state index contributed by atoms with van der Waals surface area (Å²) in [6.07, 6.45) is 4.35. The molecule has 1 saturated heterocycles. The number of hydrogen-bond acceptors (Lipinski definition) is 5. The summed E-state index contributed by atoms with van der Waals surface area (Å²) in [5.74, 6) is 1.52. The third-order valence-electron chi connectivity index (χ3n) is 5.63. The molecule has 2 fully saturated rings. The van der Waals surface area contributed by atoms with Crippen LogP contribution in [0.15, 0.2) is 36.5 Å². The van der Waals surface area contributed by atoms with Crippen LogP contribution in [0.25, 0.3) is 5.65 Å². The summed E-state index contributed by atoms with van der Waals surface area (Å²) in [4.78, 5) is 21.6. The molecule has 1 aliphatic carbocycles. The van der Waals surface area contributed by atoms with E-state index in [0.717, 1.165) is 35.9 Å². The maximum atomic E-state index is 13.1. The van der Waals surface area contributed by atoms with Crippen molar-refractivity contribution in [1.29, 1.82) is 0 Å². The lowest BCUT2D eigenvalue weighted by atomic mass is 10.1. The Bertz CT molecular complexity index is 1000. The predicted molar refractivity (Wildman–Crippen MR) is 102 cm³/mol. The first-order valence-corrected chi connectivity index (χ1v) is 9.41. The van der Waals surface area contributed by atoms with Gasteiger partial charge in [0.1, 0.15) is 11.3 Å². The lowest BCUT2D eigenvalue weighted by molar-refractivity contribution is 0.0697. The molecule has 7 nitrogen and oxygen atoms in total. The molecule has 1 saturated carbocycles. The van der Waals surface area contributed by atoms with E-state index in [0.29, 0.717) is 11.6 Å². The summed E-state index contributed by atoms with van der Waals surface area (Å²) in [7, 11) is 1.87. The molecular weight excluding hydrogens is 340 g/mol. The van der Waals surface area contributed by atoms with Crippen molar-refractivity contribution in [2.45, 2.75) is 31.7 Å². The Morgan fingerprint density at radius 2 is 1.96 bits per heavy atom. The van der Waals surface area contributed by atoms with Gasteiger partial charge in [-0.2, -0.15) is 5.10 Å². The summed E-state index contributed by atoms with van der Waals surface area (Å²) >= 11 is 0. The first-order valence-electron chi connectivity index (χ1n) is 9.41. The third-order valence-corrected chi connectivity index (χ3v) is 5.63. The smallest absolute Gasteiger partial charge is 0.272 e. The molecule has 5 rings (SSSR count). The Kier molecular flexibility index (Phi) is 3.63. The minimum absolute atomic E-state index is 0.00557. The Labute approximate surface area is 157 Å². The van der Waals surface area contributed by atoms with Crippen molar-refractivity contribution in [2.24, 2.45) is 0 Å². The first kappa shape index (κ1) is 16.2. The highest BCUT2D eigenvalue weighted by molar-refractivity contribution is 5.95. The molecule has 0 N–H and O–H groups in total. The highest BCUT2D eigenvalue weighted by Crippen LogP contribution is 2.38. The predicted octanol–water partition coefficient (Wildman–Crippen LogP) is 2.27. The van der Waals surface area contributed by atoms with Crippen LogP contribution in [0.3, 0.4) is 0 Å². The number of aromatic nitrogens is 4. The van der Waals surface area contributed by atoms with Crippen molar-refractivity contribution in [1.82, 2.24) is 24.5 Å². The second kappa shape index (κ2) is 6.04. The number of likely N-dealkylation sites (N-methyl/N-ethyl adjacent to an activating group) is 1. The molecule has 27 heavy (non-hydrogen) atoms. The molecule has 0 radical (unpaired) electrons. The zero-order valence-corrected chi connectivity index (χ0v) is 15.5. The van der Waals surface area contributed by atoms with Crippen LogP contribution in [0.2, 0.25) is 0 Å². The summed E-state index contributed by atoms with van der Waals surface area (Å²) in [5, 5.41) is 8.72. The number of carbonyl (C=O) groups is 1. The van der Waals surface area contributed by atoms with Gasteiger partial charge in [0.2, 0.25) is 0 Å². The quantitative estimate of drug-likeness (QED) is 0.712. The number of fused-ring (bicyclic) bond motifs is 1. The third kappa shape index (κ3) is 2.74. The van der Waals surface area contributed by atoms with Gasteiger partial charge in [-0.1, -0.05) is 6.07 Å². The largest absolute Gasteiger partial charge is 0.351 e. The lowest BCUT2D eigenvalue weighted by Gasteiger charge is -2.44. The number of pyridine rings is 1. The molecule has 138 valence electrons. The minimum atomic E-state index is 0.00557. The van der Waals surface area contributed by atoms with Crippen LogP contribution in [0, 0.1) is 6.92 Å². The molecule has 7 heteroatoms. The summed E-state index contributed by atoms with van der Waals surface area (Å²) in [5.41, 5.74) is 3.30. The molecule has 0 spiro atoms. The van der Waals surface area contributed by atoms with Crippen molar-refractivity contribution in [2.75, 3.05) is 25.0 Å². The zero-order chi connectivity index (χ0) is 18.5. The van der Waals surface area contributed by atoms with Crippen LogP contribution >= 0.6 is 0 Å². The van der Waals surface area contributed by atoms with E-state index in [9.17, 15) is 4.79 Å². The maximum Gasteiger partial charge on any atom is 0.272 e. The minimum Gasteiger partial charge on any atom is -0.351 e. The van der Waals surface area contributed by atoms with Crippen LogP contribution in [0.5, 0.6) is 0 Å². The van der Waals surface area contributed by atoms with Crippen LogP contribution in [0.1, 0.15) is 40.6 Å². The molecule has 0 unspecified atom stereocenters. The van der Waals surface area contributed by atoms with Crippen LogP contribution in [0.4, 0.5) is 5.82 Å². The molecule has 0 bridgehead atoms. The van der Waals surface area contributed by atoms with E-state index in [1.54, 1.807) is 0 Å². The summed E-state index contributed by atoms with van der Waals surface area (Å²) < 4.78 is 1.87. The average Bonchev–Trinajstić information content (AvgIpc) is 3.42. The number of imidazole rings is 1. The highest BCUT2D eigenvalue weighted by atomic mass is 16.2. The van der Waals surface area contributed by atoms with E-state index in [2.05, 4.69) is 26.1 Å². The summed E-state index contributed by atoms with van der Waals surface area (Å²) in [6.45, 7) is 3.43. The van der Waals surface area contributed by atoms with Gasteiger partial charge in [0.15, 0.2) is 5.82 Å². The van der Waals surface area contributed by atoms with Crippen molar-refractivity contribution in [3.63, 3.8) is 0 Å². The fraction of sp³-hybridized carbons (Fsp3) is 0.400. The Morgan fingerprint density at radius 3 is 2.67 bits per heavy atom. The molecule has 4 heterocycles. The Morgan fingerprint density at radius 1 is 1.15 bits per heavy atom. The van der Waals surface area contributed by atoms with Crippen LogP contribution in [-0.2, 0) is 0 Å². The number of anilines is 1. The van der Waals surface area contributed by atoms with Gasteiger partial charge >= 0.3 is 0 Å². The van der Waals surface area contributed by atoms with E-state index < -0.39 is 0 Å². The van der Waals surface area contributed by atoms with E-state index in [-0.39, 0.29) is 11.9 Å². The molecule has 0 aromatic carbocycles. The number of nitrogens with zero attached hydrogens (tertiary/aromatic N) is 6. The van der Waals surface area contributed by atoms with E-state index in [4.69, 9.17) is 0 Å². The number of amides is 1. The van der Waals surface area contributed by atoms with Gasteiger partial charge in [-0.05, 0) is 44.0 Å². The molecule has 3 aromatic rings. The van der Waals surface area contributed by atoms with Crippen molar-refractivity contribution in [3.8, 4) is 0 Å². The zero-order valence-electron chi connectivity index (χ0n) is 15.5. The number of aryl methyl sites for hydroxylation is 1. The van der Waals surface area contributed by atoms with Crippen molar-refractivity contribution >= 4 is 17.4 Å². The molecule has 2 aliphatic rings. The molecule has 1 aliphatic heterocycles. The van der Waals surface area contributed by atoms with Gasteiger partial charge in [-0.15, -0.1) is 5.10 Å². The first-order chi connectivity index (χ1) is 13.1. The Balaban J connectivity index is 1.28. The van der Waals surface area contributed by atoms with E-state index in [1.807, 2.05) is 53.7 Å². The van der Waals surface area contributed by atoms with Crippen molar-refractivity contribution < 1.29 is 4.79 Å². The lowest BCUT2D eigenvalue weighted by Crippen LogP contribution is -2.60. The normalized spacial score (nSPS) is 17.2.